The van der Waals surface area contributed by atoms with E-state index in [1.54, 1.807) is 19.1 Å². The molecule has 1 unspecified atom stereocenters. The number of pyridine rings is 1. The van der Waals surface area contributed by atoms with Crippen molar-refractivity contribution in [1.29, 1.82) is 0 Å². The first-order valence-corrected chi connectivity index (χ1v) is 13.0. The van der Waals surface area contributed by atoms with Gasteiger partial charge in [-0.2, -0.15) is 5.10 Å². The second kappa shape index (κ2) is 11.3. The van der Waals surface area contributed by atoms with E-state index in [1.807, 2.05) is 18.6 Å². The van der Waals surface area contributed by atoms with Gasteiger partial charge in [-0.15, -0.1) is 5.10 Å². The molecule has 37 heavy (non-hydrogen) atoms. The molecule has 196 valence electrons. The second-order valence-electron chi connectivity index (χ2n) is 8.34. The molecule has 2 heterocycles. The maximum absolute atomic E-state index is 13.5. The lowest BCUT2D eigenvalue weighted by molar-refractivity contribution is -0.112. The normalized spacial score (nSPS) is 16.9. The van der Waals surface area contributed by atoms with E-state index in [2.05, 4.69) is 20.5 Å². The molecule has 4 N–H and O–H groups in total. The Morgan fingerprint density at radius 1 is 1.05 bits per heavy atom. The number of carbonyl (C=O) groups is 3. The smallest absolute Gasteiger partial charge is 0.283 e. The number of amides is 3. The highest BCUT2D eigenvalue weighted by Gasteiger charge is 2.44. The summed E-state index contributed by atoms with van der Waals surface area (Å²) in [6.45, 7) is 5.58. The average molecular weight is 529 g/mol. The Balaban J connectivity index is 1.98. The Hall–Kier alpha value is -4.13. The number of hydrogen-bond donors (Lipinski definition) is 3. The molecule has 1 aromatic heterocycles. The number of aromatic nitrogens is 1. The zero-order valence-corrected chi connectivity index (χ0v) is 21.5. The summed E-state index contributed by atoms with van der Waals surface area (Å²) in [5.74, 6) is -2.42. The van der Waals surface area contributed by atoms with Crippen LogP contribution in [0.3, 0.4) is 0 Å². The highest BCUT2D eigenvalue weighted by molar-refractivity contribution is 7.90. The first-order chi connectivity index (χ1) is 17.5. The molecule has 1 aromatic carbocycles. The average Bonchev–Trinajstić information content (AvgIpc) is 3.18. The van der Waals surface area contributed by atoms with Crippen LogP contribution in [-0.4, -0.2) is 54.7 Å². The van der Waals surface area contributed by atoms with Crippen LogP contribution in [0.15, 0.2) is 57.7 Å². The van der Waals surface area contributed by atoms with Crippen LogP contribution in [0.1, 0.15) is 60.9 Å². The zero-order valence-electron chi connectivity index (χ0n) is 20.6. The molecule has 0 spiro atoms. The summed E-state index contributed by atoms with van der Waals surface area (Å²) >= 11 is 0. The van der Waals surface area contributed by atoms with Crippen molar-refractivity contribution < 1.29 is 27.5 Å². The number of nitrogens with one attached hydrogen (secondary N) is 2. The summed E-state index contributed by atoms with van der Waals surface area (Å²) in [5, 5.41) is 10.6. The standard InChI is InChI=1S/C24H28N6O6S/c1-4-8-19-24(3,20(21(25)31)29-28-19)27-22(32)16-14-15(10-11-18(16)36-13-5-2)37(34,35)30-23(33)17-9-6-7-12-26-17/h6-7,9-12,14H,4-5,8,13H2,1-3H3,(H2,25,31)(H,27,32)(H,30,33). The van der Waals surface area contributed by atoms with Gasteiger partial charge < -0.3 is 15.8 Å². The van der Waals surface area contributed by atoms with Crippen LogP contribution >= 0.6 is 0 Å². The van der Waals surface area contributed by atoms with Crippen LogP contribution < -0.4 is 20.5 Å². The molecule has 1 aliphatic rings. The minimum atomic E-state index is -4.38. The minimum Gasteiger partial charge on any atom is -0.493 e. The van der Waals surface area contributed by atoms with Gasteiger partial charge >= 0.3 is 0 Å². The predicted octanol–water partition coefficient (Wildman–Crippen LogP) is 1.57. The van der Waals surface area contributed by atoms with Gasteiger partial charge in [-0.25, -0.2) is 13.1 Å². The van der Waals surface area contributed by atoms with Crippen LogP contribution in [0.2, 0.25) is 0 Å². The summed E-state index contributed by atoms with van der Waals surface area (Å²) in [4.78, 5) is 41.4. The van der Waals surface area contributed by atoms with Gasteiger partial charge in [-0.05, 0) is 50.1 Å². The van der Waals surface area contributed by atoms with Crippen LogP contribution in [0.25, 0.3) is 0 Å². The van der Waals surface area contributed by atoms with Crippen molar-refractivity contribution in [3.63, 3.8) is 0 Å². The van der Waals surface area contributed by atoms with Crippen molar-refractivity contribution >= 4 is 39.2 Å². The third-order valence-electron chi connectivity index (χ3n) is 5.50. The van der Waals surface area contributed by atoms with Crippen LogP contribution in [0.4, 0.5) is 0 Å². The lowest BCUT2D eigenvalue weighted by Gasteiger charge is -2.28. The van der Waals surface area contributed by atoms with Gasteiger partial charge in [0.2, 0.25) is 0 Å². The summed E-state index contributed by atoms with van der Waals surface area (Å²) in [6.07, 6.45) is 3.09. The number of rotatable bonds is 11. The van der Waals surface area contributed by atoms with Crippen molar-refractivity contribution in [2.24, 2.45) is 15.9 Å². The fraction of sp³-hybridized carbons (Fsp3) is 0.333. The fourth-order valence-corrected chi connectivity index (χ4v) is 4.61. The van der Waals surface area contributed by atoms with Gasteiger partial charge in [-0.1, -0.05) is 26.3 Å². The molecular weight excluding hydrogens is 500 g/mol. The van der Waals surface area contributed by atoms with Gasteiger partial charge in [-0.3, -0.25) is 19.4 Å². The molecule has 0 radical (unpaired) electrons. The van der Waals surface area contributed by atoms with E-state index in [0.29, 0.717) is 25.0 Å². The van der Waals surface area contributed by atoms with Crippen molar-refractivity contribution in [1.82, 2.24) is 15.0 Å². The molecule has 1 aliphatic heterocycles. The second-order valence-corrected chi connectivity index (χ2v) is 10.0. The monoisotopic (exact) mass is 528 g/mol. The van der Waals surface area contributed by atoms with Crippen molar-refractivity contribution in [3.8, 4) is 5.75 Å². The van der Waals surface area contributed by atoms with E-state index in [1.165, 1.54) is 24.4 Å². The largest absolute Gasteiger partial charge is 0.493 e. The predicted molar refractivity (Wildman–Crippen MR) is 136 cm³/mol. The molecule has 12 nitrogen and oxygen atoms in total. The number of sulfonamides is 1. The van der Waals surface area contributed by atoms with Gasteiger partial charge in [0.25, 0.3) is 27.7 Å². The Bertz CT molecular complexity index is 1370. The molecule has 1 atom stereocenters. The first kappa shape index (κ1) is 27.5. The Morgan fingerprint density at radius 2 is 1.81 bits per heavy atom. The van der Waals surface area contributed by atoms with E-state index in [9.17, 15) is 22.8 Å². The number of carbonyl (C=O) groups excluding carboxylic acids is 3. The third-order valence-corrected chi connectivity index (χ3v) is 6.83. The SMILES string of the molecule is CCCOc1ccc(S(=O)(=O)NC(=O)c2ccccn2)cc1C(=O)NC1(C)C(CCC)=NN=C1C(N)=O. The maximum Gasteiger partial charge on any atom is 0.283 e. The van der Waals surface area contributed by atoms with Crippen molar-refractivity contribution in [2.45, 2.75) is 50.5 Å². The number of benzene rings is 1. The van der Waals surface area contributed by atoms with Crippen LogP contribution in [-0.2, 0) is 14.8 Å². The zero-order chi connectivity index (χ0) is 27.2. The van der Waals surface area contributed by atoms with E-state index < -0.39 is 33.3 Å². The number of hydrogen-bond acceptors (Lipinski definition) is 9. The minimum absolute atomic E-state index is 0.0953. The molecular formula is C24H28N6O6S. The Morgan fingerprint density at radius 3 is 2.43 bits per heavy atom. The molecule has 13 heteroatoms. The highest BCUT2D eigenvalue weighted by Crippen LogP contribution is 2.26. The Labute approximate surface area is 214 Å². The summed E-state index contributed by atoms with van der Waals surface area (Å²) in [6, 6.07) is 8.12. The molecule has 2 aromatic rings. The lowest BCUT2D eigenvalue weighted by atomic mass is 9.87. The summed E-state index contributed by atoms with van der Waals surface area (Å²) in [7, 11) is -4.38. The van der Waals surface area contributed by atoms with E-state index >= 15 is 0 Å². The van der Waals surface area contributed by atoms with Crippen LogP contribution in [0.5, 0.6) is 5.75 Å². The summed E-state index contributed by atoms with van der Waals surface area (Å²) < 4.78 is 33.6. The van der Waals surface area contributed by atoms with E-state index in [4.69, 9.17) is 10.5 Å². The molecule has 0 fully saturated rings. The summed E-state index contributed by atoms with van der Waals surface area (Å²) in [5.41, 5.74) is 4.13. The lowest BCUT2D eigenvalue weighted by Crippen LogP contribution is -2.59. The van der Waals surface area contributed by atoms with Crippen molar-refractivity contribution in [2.75, 3.05) is 6.61 Å². The first-order valence-electron chi connectivity index (χ1n) is 11.6. The molecule has 3 rings (SSSR count). The fourth-order valence-electron chi connectivity index (χ4n) is 3.63. The number of nitrogens with zero attached hydrogens (tertiary/aromatic N) is 3. The molecule has 0 saturated carbocycles. The van der Waals surface area contributed by atoms with Crippen LogP contribution in [0, 0.1) is 0 Å². The molecule has 3 amide bonds. The van der Waals surface area contributed by atoms with Crippen molar-refractivity contribution in [3.05, 3.63) is 53.9 Å². The van der Waals surface area contributed by atoms with Gasteiger partial charge in [0.05, 0.1) is 22.8 Å². The molecule has 0 bridgehead atoms. The molecule has 0 saturated heterocycles. The number of nitrogens with two attached hydrogens (primary N) is 1. The number of primary amides is 1. The van der Waals surface area contributed by atoms with Gasteiger partial charge in [0.1, 0.15) is 17.0 Å². The third kappa shape index (κ3) is 6.00. The van der Waals surface area contributed by atoms with E-state index in [-0.39, 0.29) is 34.2 Å². The van der Waals surface area contributed by atoms with E-state index in [0.717, 1.165) is 6.07 Å². The van der Waals surface area contributed by atoms with Gasteiger partial charge in [0.15, 0.2) is 5.71 Å². The number of ether oxygens (including phenoxy) is 1. The Kier molecular flexibility index (Phi) is 8.38. The highest BCUT2D eigenvalue weighted by atomic mass is 32.2. The quantitative estimate of drug-likeness (QED) is 0.395. The van der Waals surface area contributed by atoms with Gasteiger partial charge in [0, 0.05) is 6.20 Å². The maximum atomic E-state index is 13.5. The molecule has 0 aliphatic carbocycles. The topological polar surface area (TPSA) is 182 Å².